The number of hydrogen-bond donors (Lipinski definition) is 1. The van der Waals surface area contributed by atoms with E-state index in [-0.39, 0.29) is 5.56 Å². The third-order valence-corrected chi connectivity index (χ3v) is 4.93. The Morgan fingerprint density at radius 2 is 1.96 bits per heavy atom. The molecule has 3 nitrogen and oxygen atoms in total. The SMILES string of the molecule is CCN1CC2C(CNC(=O)c3ccc(F)c(C(F)(F)F)c3)C2C1. The average molecular weight is 330 g/mol. The fraction of sp³-hybridized carbons (Fsp3) is 0.562. The van der Waals surface area contributed by atoms with Crippen LogP contribution < -0.4 is 5.32 Å². The molecule has 1 aliphatic carbocycles. The second kappa shape index (κ2) is 5.78. The van der Waals surface area contributed by atoms with E-state index in [9.17, 15) is 22.4 Å². The van der Waals surface area contributed by atoms with Crippen LogP contribution in [0, 0.1) is 23.6 Å². The van der Waals surface area contributed by atoms with Gasteiger partial charge in [0.2, 0.25) is 0 Å². The molecule has 0 bridgehead atoms. The number of nitrogens with one attached hydrogen (secondary N) is 1. The van der Waals surface area contributed by atoms with Gasteiger partial charge < -0.3 is 10.2 Å². The van der Waals surface area contributed by atoms with Gasteiger partial charge in [0, 0.05) is 25.2 Å². The molecule has 1 aromatic carbocycles. The number of nitrogens with zero attached hydrogens (tertiary/aromatic N) is 1. The van der Waals surface area contributed by atoms with E-state index < -0.39 is 23.5 Å². The van der Waals surface area contributed by atoms with E-state index in [1.807, 2.05) is 0 Å². The topological polar surface area (TPSA) is 32.3 Å². The number of hydrogen-bond acceptors (Lipinski definition) is 2. The number of halogens is 4. The lowest BCUT2D eigenvalue weighted by Gasteiger charge is -2.17. The summed E-state index contributed by atoms with van der Waals surface area (Å²) in [5.41, 5.74) is -1.58. The van der Waals surface area contributed by atoms with Crippen LogP contribution in [0.5, 0.6) is 0 Å². The molecule has 2 unspecified atom stereocenters. The quantitative estimate of drug-likeness (QED) is 0.861. The molecule has 0 spiro atoms. The molecule has 1 aromatic rings. The van der Waals surface area contributed by atoms with Crippen molar-refractivity contribution in [2.75, 3.05) is 26.2 Å². The summed E-state index contributed by atoms with van der Waals surface area (Å²) >= 11 is 0. The minimum Gasteiger partial charge on any atom is -0.352 e. The van der Waals surface area contributed by atoms with Crippen LogP contribution in [0.15, 0.2) is 18.2 Å². The first-order chi connectivity index (χ1) is 10.8. The molecule has 1 heterocycles. The fourth-order valence-corrected chi connectivity index (χ4v) is 3.49. The summed E-state index contributed by atoms with van der Waals surface area (Å²) in [5.74, 6) is -0.397. The lowest BCUT2D eigenvalue weighted by molar-refractivity contribution is -0.140. The van der Waals surface area contributed by atoms with Crippen LogP contribution in [0.3, 0.4) is 0 Å². The molecule has 0 radical (unpaired) electrons. The fourth-order valence-electron chi connectivity index (χ4n) is 3.49. The van der Waals surface area contributed by atoms with Crippen molar-refractivity contribution in [2.45, 2.75) is 13.1 Å². The maximum Gasteiger partial charge on any atom is 0.419 e. The van der Waals surface area contributed by atoms with Gasteiger partial charge in [-0.05, 0) is 42.5 Å². The first kappa shape index (κ1) is 16.2. The zero-order chi connectivity index (χ0) is 16.8. The van der Waals surface area contributed by atoms with Gasteiger partial charge in [-0.25, -0.2) is 4.39 Å². The first-order valence-corrected chi connectivity index (χ1v) is 7.68. The third kappa shape index (κ3) is 3.20. The summed E-state index contributed by atoms with van der Waals surface area (Å²) in [6.07, 6.45) is -4.81. The number of carbonyl (C=O) groups is 1. The van der Waals surface area contributed by atoms with E-state index >= 15 is 0 Å². The summed E-state index contributed by atoms with van der Waals surface area (Å²) in [7, 11) is 0. The van der Waals surface area contributed by atoms with Crippen LogP contribution in [0.25, 0.3) is 0 Å². The molecule has 1 amide bonds. The zero-order valence-corrected chi connectivity index (χ0v) is 12.7. The average Bonchev–Trinajstić information content (AvgIpc) is 2.94. The highest BCUT2D eigenvalue weighted by molar-refractivity contribution is 5.94. The minimum atomic E-state index is -4.81. The van der Waals surface area contributed by atoms with Gasteiger partial charge in [0.15, 0.2) is 0 Å². The highest BCUT2D eigenvalue weighted by Gasteiger charge is 2.54. The molecule has 2 aliphatic rings. The van der Waals surface area contributed by atoms with Crippen LogP contribution in [-0.2, 0) is 6.18 Å². The van der Waals surface area contributed by atoms with E-state index in [1.165, 1.54) is 0 Å². The van der Waals surface area contributed by atoms with Crippen molar-refractivity contribution >= 4 is 5.91 Å². The summed E-state index contributed by atoms with van der Waals surface area (Å²) in [4.78, 5) is 14.3. The lowest BCUT2D eigenvalue weighted by Crippen LogP contribution is -2.30. The predicted octanol–water partition coefficient (Wildman–Crippen LogP) is 2.77. The van der Waals surface area contributed by atoms with Crippen LogP contribution in [0.2, 0.25) is 0 Å². The Bertz CT molecular complexity index is 605. The Balaban J connectivity index is 1.58. The van der Waals surface area contributed by atoms with Crippen molar-refractivity contribution in [2.24, 2.45) is 17.8 Å². The molecule has 0 aromatic heterocycles. The van der Waals surface area contributed by atoms with Gasteiger partial charge >= 0.3 is 6.18 Å². The standard InChI is InChI=1S/C16H18F4N2O/c1-2-22-7-11-10(12(11)8-22)6-21-15(23)9-3-4-14(17)13(5-9)16(18,19)20/h3-5,10-12H,2,6-8H2,1H3,(H,21,23). The molecule has 126 valence electrons. The van der Waals surface area contributed by atoms with Gasteiger partial charge in [-0.3, -0.25) is 4.79 Å². The molecule has 1 saturated carbocycles. The van der Waals surface area contributed by atoms with Crippen molar-refractivity contribution in [3.8, 4) is 0 Å². The maximum atomic E-state index is 13.2. The molecule has 7 heteroatoms. The largest absolute Gasteiger partial charge is 0.419 e. The van der Waals surface area contributed by atoms with Crippen LogP contribution in [0.4, 0.5) is 17.6 Å². The number of carbonyl (C=O) groups excluding carboxylic acids is 1. The van der Waals surface area contributed by atoms with Crippen molar-refractivity contribution in [3.63, 3.8) is 0 Å². The van der Waals surface area contributed by atoms with Crippen molar-refractivity contribution < 1.29 is 22.4 Å². The monoisotopic (exact) mass is 330 g/mol. The zero-order valence-electron chi connectivity index (χ0n) is 12.7. The molecule has 2 fully saturated rings. The molecule has 1 N–H and O–H groups in total. The highest BCUT2D eigenvalue weighted by atomic mass is 19.4. The second-order valence-electron chi connectivity index (χ2n) is 6.25. The Hall–Kier alpha value is -1.63. The van der Waals surface area contributed by atoms with E-state index in [4.69, 9.17) is 0 Å². The number of fused-ring (bicyclic) bond motifs is 1. The number of amides is 1. The molecule has 3 rings (SSSR count). The van der Waals surface area contributed by atoms with E-state index in [2.05, 4.69) is 17.1 Å². The Morgan fingerprint density at radius 3 is 2.52 bits per heavy atom. The minimum absolute atomic E-state index is 0.167. The molecule has 23 heavy (non-hydrogen) atoms. The van der Waals surface area contributed by atoms with Crippen molar-refractivity contribution in [3.05, 3.63) is 35.1 Å². The summed E-state index contributed by atoms with van der Waals surface area (Å²) in [6.45, 7) is 5.63. The van der Waals surface area contributed by atoms with E-state index in [1.54, 1.807) is 0 Å². The van der Waals surface area contributed by atoms with Crippen LogP contribution in [0.1, 0.15) is 22.8 Å². The van der Waals surface area contributed by atoms with Crippen molar-refractivity contribution in [1.29, 1.82) is 0 Å². The van der Waals surface area contributed by atoms with Gasteiger partial charge in [-0.1, -0.05) is 6.92 Å². The number of rotatable bonds is 4. The second-order valence-corrected chi connectivity index (χ2v) is 6.25. The van der Waals surface area contributed by atoms with Crippen LogP contribution >= 0.6 is 0 Å². The molecule has 1 aliphatic heterocycles. The Morgan fingerprint density at radius 1 is 1.30 bits per heavy atom. The smallest absolute Gasteiger partial charge is 0.352 e. The molecular formula is C16H18F4N2O. The maximum absolute atomic E-state index is 13.2. The van der Waals surface area contributed by atoms with Gasteiger partial charge in [0.1, 0.15) is 5.82 Å². The molecular weight excluding hydrogens is 312 g/mol. The van der Waals surface area contributed by atoms with Crippen LogP contribution in [-0.4, -0.2) is 37.0 Å². The van der Waals surface area contributed by atoms with E-state index in [0.29, 0.717) is 36.4 Å². The molecule has 1 saturated heterocycles. The Kier molecular flexibility index (Phi) is 4.08. The Labute approximate surface area is 131 Å². The lowest BCUT2D eigenvalue weighted by atomic mass is 10.1. The highest BCUT2D eigenvalue weighted by Crippen LogP contribution is 2.51. The molecule has 2 atom stereocenters. The summed E-state index contributed by atoms with van der Waals surface area (Å²) < 4.78 is 51.2. The first-order valence-electron chi connectivity index (χ1n) is 7.68. The number of piperidine rings is 1. The predicted molar refractivity (Wildman–Crippen MR) is 76.3 cm³/mol. The summed E-state index contributed by atoms with van der Waals surface area (Å²) in [6, 6.07) is 2.33. The third-order valence-electron chi connectivity index (χ3n) is 4.93. The number of alkyl halides is 3. The van der Waals surface area contributed by atoms with Crippen molar-refractivity contribution in [1.82, 2.24) is 10.2 Å². The van der Waals surface area contributed by atoms with Gasteiger partial charge in [-0.2, -0.15) is 13.2 Å². The normalized spacial score (nSPS) is 26.9. The van der Waals surface area contributed by atoms with E-state index in [0.717, 1.165) is 25.7 Å². The number of benzene rings is 1. The van der Waals surface area contributed by atoms with Gasteiger partial charge in [0.05, 0.1) is 5.56 Å². The van der Waals surface area contributed by atoms with Gasteiger partial charge in [-0.15, -0.1) is 0 Å². The van der Waals surface area contributed by atoms with Gasteiger partial charge in [0.25, 0.3) is 5.91 Å². The number of likely N-dealkylation sites (tertiary alicyclic amines) is 1. The summed E-state index contributed by atoms with van der Waals surface area (Å²) in [5, 5.41) is 2.67.